The van der Waals surface area contributed by atoms with Gasteiger partial charge in [0.15, 0.2) is 6.10 Å². The van der Waals surface area contributed by atoms with Crippen LogP contribution in [0, 0.1) is 0 Å². The van der Waals surface area contributed by atoms with E-state index < -0.39 is 6.10 Å². The standard InChI is InChI=1S/C77H126O6/c1-4-7-10-13-16-19-22-25-28-31-33-35-37-38-40-41-43-46-49-52-55-58-61-64-67-70-76(79)82-73-74(72-81-75(78)69-66-63-60-57-54-51-48-45-30-27-24-21-18-15-12-9-6-3)83-77(80)71-68-65-62-59-56-53-50-47-44-42-39-36-34-32-29-26-23-20-17-14-11-8-5-2/h7,9-10,12,16,18-19,21,25,27-28,30,32-35,38,40,43,46,48,51-52,55,74H,4-6,8,11,13-15,17,20,22-24,26,29,31,36-37,39,41-42,44-45,47,49-50,53-54,56-73H2,1-3H3/b10-7-,12-9-,19-16-,21-18-,28-25-,30-27-,34-32-,35-33-,40-38-,46-43-,51-48-,55-52-. The number of ether oxygens (including phenoxy) is 3. The second-order valence-electron chi connectivity index (χ2n) is 22.3. The number of allylic oxidation sites excluding steroid dienone is 24. The van der Waals surface area contributed by atoms with Crippen molar-refractivity contribution in [3.63, 3.8) is 0 Å². The van der Waals surface area contributed by atoms with E-state index in [0.29, 0.717) is 19.3 Å². The van der Waals surface area contributed by atoms with Crippen LogP contribution in [0.25, 0.3) is 0 Å². The van der Waals surface area contributed by atoms with Crippen molar-refractivity contribution in [2.75, 3.05) is 13.2 Å². The van der Waals surface area contributed by atoms with E-state index in [0.717, 1.165) is 148 Å². The molecule has 0 saturated carbocycles. The Hall–Kier alpha value is -4.71. The van der Waals surface area contributed by atoms with Crippen LogP contribution in [-0.2, 0) is 28.6 Å². The van der Waals surface area contributed by atoms with Gasteiger partial charge in [-0.2, -0.15) is 0 Å². The van der Waals surface area contributed by atoms with Gasteiger partial charge in [0.2, 0.25) is 0 Å². The summed E-state index contributed by atoms with van der Waals surface area (Å²) in [5.41, 5.74) is 0. The highest BCUT2D eigenvalue weighted by atomic mass is 16.6. The second kappa shape index (κ2) is 69.8. The molecule has 0 radical (unpaired) electrons. The smallest absolute Gasteiger partial charge is 0.306 e. The molecule has 0 saturated heterocycles. The Kier molecular flexibility index (Phi) is 65.8. The van der Waals surface area contributed by atoms with Gasteiger partial charge in [-0.1, -0.05) is 289 Å². The third-order valence-electron chi connectivity index (χ3n) is 14.3. The Morgan fingerprint density at radius 3 is 0.759 bits per heavy atom. The number of unbranched alkanes of at least 4 members (excludes halogenated alkanes) is 26. The van der Waals surface area contributed by atoms with Gasteiger partial charge < -0.3 is 14.2 Å². The first-order chi connectivity index (χ1) is 41.0. The largest absolute Gasteiger partial charge is 0.462 e. The van der Waals surface area contributed by atoms with Gasteiger partial charge >= 0.3 is 17.9 Å². The molecule has 0 aromatic rings. The molecule has 0 aliphatic heterocycles. The van der Waals surface area contributed by atoms with Gasteiger partial charge in [-0.25, -0.2) is 0 Å². The van der Waals surface area contributed by atoms with Crippen LogP contribution in [0.3, 0.4) is 0 Å². The number of esters is 3. The topological polar surface area (TPSA) is 78.9 Å². The van der Waals surface area contributed by atoms with Crippen LogP contribution < -0.4 is 0 Å². The molecule has 83 heavy (non-hydrogen) atoms. The molecule has 470 valence electrons. The van der Waals surface area contributed by atoms with Crippen LogP contribution in [0.5, 0.6) is 0 Å². The summed E-state index contributed by atoms with van der Waals surface area (Å²) in [4.78, 5) is 38.4. The van der Waals surface area contributed by atoms with Crippen LogP contribution in [0.1, 0.15) is 303 Å². The van der Waals surface area contributed by atoms with Crippen LogP contribution in [0.4, 0.5) is 0 Å². The summed E-state index contributed by atoms with van der Waals surface area (Å²) in [5.74, 6) is -0.957. The third-order valence-corrected chi connectivity index (χ3v) is 14.3. The Balaban J connectivity index is 4.48. The predicted molar refractivity (Wildman–Crippen MR) is 362 cm³/mol. The quantitative estimate of drug-likeness (QED) is 0.0261. The zero-order valence-corrected chi connectivity index (χ0v) is 53.9. The second-order valence-corrected chi connectivity index (χ2v) is 22.3. The summed E-state index contributed by atoms with van der Waals surface area (Å²) < 4.78 is 16.9. The van der Waals surface area contributed by atoms with Crippen molar-refractivity contribution in [2.24, 2.45) is 0 Å². The lowest BCUT2D eigenvalue weighted by Gasteiger charge is -2.18. The lowest BCUT2D eigenvalue weighted by atomic mass is 10.0. The molecule has 0 aliphatic rings. The van der Waals surface area contributed by atoms with E-state index in [4.69, 9.17) is 14.2 Å². The molecule has 0 rings (SSSR count). The van der Waals surface area contributed by atoms with Gasteiger partial charge in [0.05, 0.1) is 0 Å². The highest BCUT2D eigenvalue weighted by Gasteiger charge is 2.19. The van der Waals surface area contributed by atoms with Crippen LogP contribution in [-0.4, -0.2) is 37.2 Å². The van der Waals surface area contributed by atoms with E-state index in [2.05, 4.69) is 167 Å². The fraction of sp³-hybridized carbons (Fsp3) is 0.649. The van der Waals surface area contributed by atoms with Crippen molar-refractivity contribution in [2.45, 2.75) is 309 Å². The van der Waals surface area contributed by atoms with Crippen LogP contribution in [0.2, 0.25) is 0 Å². The first-order valence-electron chi connectivity index (χ1n) is 34.3. The molecule has 0 bridgehead atoms. The molecule has 6 nitrogen and oxygen atoms in total. The molecule has 0 aliphatic carbocycles. The van der Waals surface area contributed by atoms with Crippen LogP contribution >= 0.6 is 0 Å². The van der Waals surface area contributed by atoms with E-state index in [-0.39, 0.29) is 31.1 Å². The summed E-state index contributed by atoms with van der Waals surface area (Å²) in [6.45, 7) is 6.38. The number of carbonyl (C=O) groups is 3. The maximum absolute atomic E-state index is 13.0. The van der Waals surface area contributed by atoms with Crippen molar-refractivity contribution in [3.05, 3.63) is 146 Å². The van der Waals surface area contributed by atoms with E-state index in [1.54, 1.807) is 0 Å². The maximum atomic E-state index is 13.0. The van der Waals surface area contributed by atoms with Gasteiger partial charge in [0.25, 0.3) is 0 Å². The van der Waals surface area contributed by atoms with Crippen LogP contribution in [0.15, 0.2) is 146 Å². The lowest BCUT2D eigenvalue weighted by molar-refractivity contribution is -0.167. The number of hydrogen-bond acceptors (Lipinski definition) is 6. The molecule has 1 atom stereocenters. The fourth-order valence-corrected chi connectivity index (χ4v) is 9.23. The minimum absolute atomic E-state index is 0.106. The Bertz CT molecular complexity index is 1800. The van der Waals surface area contributed by atoms with Crippen molar-refractivity contribution >= 4 is 17.9 Å². The molecule has 1 unspecified atom stereocenters. The summed E-state index contributed by atoms with van der Waals surface area (Å²) in [7, 11) is 0. The minimum Gasteiger partial charge on any atom is -0.462 e. The number of hydrogen-bond donors (Lipinski definition) is 0. The summed E-state index contributed by atoms with van der Waals surface area (Å²) in [5, 5.41) is 0. The van der Waals surface area contributed by atoms with E-state index in [1.807, 2.05) is 0 Å². The maximum Gasteiger partial charge on any atom is 0.306 e. The Labute approximate surface area is 512 Å². The zero-order valence-electron chi connectivity index (χ0n) is 53.9. The van der Waals surface area contributed by atoms with Gasteiger partial charge in [-0.15, -0.1) is 0 Å². The van der Waals surface area contributed by atoms with Crippen molar-refractivity contribution in [1.82, 2.24) is 0 Å². The molecule has 0 spiro atoms. The predicted octanol–water partition coefficient (Wildman–Crippen LogP) is 23.9. The minimum atomic E-state index is -0.811. The van der Waals surface area contributed by atoms with E-state index in [9.17, 15) is 14.4 Å². The average molecular weight is 1150 g/mol. The molecule has 0 heterocycles. The lowest BCUT2D eigenvalue weighted by Crippen LogP contribution is -2.30. The molecule has 0 N–H and O–H groups in total. The normalized spacial score (nSPS) is 13.0. The van der Waals surface area contributed by atoms with E-state index >= 15 is 0 Å². The Morgan fingerprint density at radius 1 is 0.253 bits per heavy atom. The van der Waals surface area contributed by atoms with Gasteiger partial charge in [-0.3, -0.25) is 14.4 Å². The summed E-state index contributed by atoms with van der Waals surface area (Å²) >= 11 is 0. The Morgan fingerprint density at radius 2 is 0.470 bits per heavy atom. The molecular formula is C77H126O6. The fourth-order valence-electron chi connectivity index (χ4n) is 9.23. The number of rotatable bonds is 61. The molecule has 0 aromatic carbocycles. The van der Waals surface area contributed by atoms with Crippen molar-refractivity contribution in [1.29, 1.82) is 0 Å². The number of carbonyl (C=O) groups excluding carboxylic acids is 3. The SMILES string of the molecule is CC/C=C\C/C=C\C/C=C\C/C=C\C/C=C\C/C=C\C/C=C\CCCCCC(=O)OCC(COC(=O)CCCCCC/C=C\C/C=C\C/C=C\C/C=C\CC)OC(=O)CCCCCCCCCCCCC/C=C\CCCCCCCCCC. The van der Waals surface area contributed by atoms with E-state index in [1.165, 1.54) is 116 Å². The highest BCUT2D eigenvalue weighted by Crippen LogP contribution is 2.16. The molecule has 6 heteroatoms. The van der Waals surface area contributed by atoms with Gasteiger partial charge in [0, 0.05) is 19.3 Å². The summed E-state index contributed by atoms with van der Waals surface area (Å²) in [6.07, 6.45) is 100. The average Bonchev–Trinajstić information content (AvgIpc) is 3.49. The first-order valence-corrected chi connectivity index (χ1v) is 34.3. The van der Waals surface area contributed by atoms with Gasteiger partial charge in [0.1, 0.15) is 13.2 Å². The molecule has 0 aromatic heterocycles. The molecule has 0 amide bonds. The first kappa shape index (κ1) is 78.3. The van der Waals surface area contributed by atoms with Crippen molar-refractivity contribution < 1.29 is 28.6 Å². The highest BCUT2D eigenvalue weighted by molar-refractivity contribution is 5.71. The zero-order chi connectivity index (χ0) is 59.9. The molecular weight excluding hydrogens is 1020 g/mol. The summed E-state index contributed by atoms with van der Waals surface area (Å²) in [6, 6.07) is 0. The molecule has 0 fully saturated rings. The monoisotopic (exact) mass is 1150 g/mol. The van der Waals surface area contributed by atoms with Gasteiger partial charge in [-0.05, 0) is 141 Å². The van der Waals surface area contributed by atoms with Crippen molar-refractivity contribution in [3.8, 4) is 0 Å². The third kappa shape index (κ3) is 68.0.